The van der Waals surface area contributed by atoms with Gasteiger partial charge in [0, 0.05) is 12.6 Å². The van der Waals surface area contributed by atoms with Gasteiger partial charge in [0.05, 0.1) is 13.0 Å². The maximum atomic E-state index is 11.6. The van der Waals surface area contributed by atoms with Crippen molar-refractivity contribution in [3.05, 3.63) is 28.8 Å². The molecule has 0 spiro atoms. The van der Waals surface area contributed by atoms with E-state index in [-0.39, 0.29) is 5.91 Å². The Hall–Kier alpha value is -1.55. The first-order valence-corrected chi connectivity index (χ1v) is 7.27. The summed E-state index contributed by atoms with van der Waals surface area (Å²) in [6.45, 7) is 5.38. The Kier molecular flexibility index (Phi) is 5.01. The van der Waals surface area contributed by atoms with Crippen LogP contribution in [-0.4, -0.2) is 25.6 Å². The molecule has 1 aliphatic carbocycles. The van der Waals surface area contributed by atoms with E-state index >= 15 is 0 Å². The van der Waals surface area contributed by atoms with Crippen LogP contribution in [-0.2, 0) is 11.3 Å². The lowest BCUT2D eigenvalue weighted by Gasteiger charge is -2.14. The standard InChI is InChI=1S/C16H24N2O2/c1-11-8-13(10-17-3)9-12(2)16(11)20-7-6-15(19)18-14-4-5-14/h8-9,14,17H,4-7,10H2,1-3H3,(H,18,19). The number of amides is 1. The molecule has 0 aromatic heterocycles. The van der Waals surface area contributed by atoms with E-state index < -0.39 is 0 Å². The molecule has 4 heteroatoms. The number of rotatable bonds is 7. The highest BCUT2D eigenvalue weighted by atomic mass is 16.5. The molecule has 2 N–H and O–H groups in total. The molecule has 2 rings (SSSR count). The van der Waals surface area contributed by atoms with Gasteiger partial charge in [-0.3, -0.25) is 4.79 Å². The molecule has 20 heavy (non-hydrogen) atoms. The number of nitrogens with one attached hydrogen (secondary N) is 2. The number of carbonyl (C=O) groups excluding carboxylic acids is 1. The van der Waals surface area contributed by atoms with Crippen LogP contribution in [0.4, 0.5) is 0 Å². The van der Waals surface area contributed by atoms with Gasteiger partial charge in [-0.2, -0.15) is 0 Å². The predicted octanol–water partition coefficient (Wildman–Crippen LogP) is 2.07. The van der Waals surface area contributed by atoms with Crippen molar-refractivity contribution in [2.75, 3.05) is 13.7 Å². The van der Waals surface area contributed by atoms with Crippen LogP contribution in [0.2, 0.25) is 0 Å². The van der Waals surface area contributed by atoms with Crippen LogP contribution in [0.3, 0.4) is 0 Å². The van der Waals surface area contributed by atoms with Crippen molar-refractivity contribution in [2.45, 2.75) is 45.7 Å². The third-order valence-electron chi connectivity index (χ3n) is 3.42. The van der Waals surface area contributed by atoms with E-state index in [1.807, 2.05) is 20.9 Å². The Bertz CT molecular complexity index is 458. The Morgan fingerprint density at radius 3 is 2.50 bits per heavy atom. The summed E-state index contributed by atoms with van der Waals surface area (Å²) in [4.78, 5) is 11.6. The normalized spacial score (nSPS) is 14.2. The quantitative estimate of drug-likeness (QED) is 0.801. The molecule has 0 bridgehead atoms. The summed E-state index contributed by atoms with van der Waals surface area (Å²) in [7, 11) is 1.94. The van der Waals surface area contributed by atoms with E-state index in [0.717, 1.165) is 36.3 Å². The first-order valence-electron chi connectivity index (χ1n) is 7.27. The zero-order chi connectivity index (χ0) is 14.5. The number of carbonyl (C=O) groups is 1. The van der Waals surface area contributed by atoms with Crippen LogP contribution >= 0.6 is 0 Å². The predicted molar refractivity (Wildman–Crippen MR) is 80.0 cm³/mol. The van der Waals surface area contributed by atoms with Gasteiger partial charge in [0.15, 0.2) is 0 Å². The molecule has 1 fully saturated rings. The summed E-state index contributed by atoms with van der Waals surface area (Å²) in [5.74, 6) is 0.999. The van der Waals surface area contributed by atoms with Crippen LogP contribution in [0.25, 0.3) is 0 Å². The van der Waals surface area contributed by atoms with Crippen molar-refractivity contribution in [1.29, 1.82) is 0 Å². The molecule has 0 heterocycles. The topological polar surface area (TPSA) is 50.4 Å². The highest BCUT2D eigenvalue weighted by molar-refractivity contribution is 5.76. The summed E-state index contributed by atoms with van der Waals surface area (Å²) < 4.78 is 5.79. The van der Waals surface area contributed by atoms with Crippen LogP contribution in [0, 0.1) is 13.8 Å². The van der Waals surface area contributed by atoms with Gasteiger partial charge < -0.3 is 15.4 Å². The molecule has 0 aliphatic heterocycles. The summed E-state index contributed by atoms with van der Waals surface area (Å²) in [5.41, 5.74) is 3.50. The van der Waals surface area contributed by atoms with Crippen LogP contribution in [0.5, 0.6) is 5.75 Å². The highest BCUT2D eigenvalue weighted by Gasteiger charge is 2.22. The molecule has 0 saturated heterocycles. The van der Waals surface area contributed by atoms with E-state index in [1.54, 1.807) is 0 Å². The number of hydrogen-bond acceptors (Lipinski definition) is 3. The molecule has 1 amide bonds. The molecular weight excluding hydrogens is 252 g/mol. The summed E-state index contributed by atoms with van der Waals surface area (Å²) in [6, 6.07) is 4.68. The molecule has 4 nitrogen and oxygen atoms in total. The number of ether oxygens (including phenoxy) is 1. The Morgan fingerprint density at radius 1 is 1.30 bits per heavy atom. The van der Waals surface area contributed by atoms with Crippen molar-refractivity contribution >= 4 is 5.91 Å². The second kappa shape index (κ2) is 6.75. The van der Waals surface area contributed by atoms with E-state index in [2.05, 4.69) is 22.8 Å². The number of benzene rings is 1. The fourth-order valence-electron chi connectivity index (χ4n) is 2.35. The monoisotopic (exact) mass is 276 g/mol. The molecule has 0 atom stereocenters. The summed E-state index contributed by atoms with van der Waals surface area (Å²) in [6.07, 6.45) is 2.67. The smallest absolute Gasteiger partial charge is 0.223 e. The number of aryl methyl sites for hydroxylation is 2. The van der Waals surface area contributed by atoms with Gasteiger partial charge in [0.25, 0.3) is 0 Å². The lowest BCUT2D eigenvalue weighted by atomic mass is 10.1. The molecule has 0 unspecified atom stereocenters. The first-order chi connectivity index (χ1) is 9.60. The van der Waals surface area contributed by atoms with E-state index in [9.17, 15) is 4.79 Å². The van der Waals surface area contributed by atoms with Crippen molar-refractivity contribution in [3.63, 3.8) is 0 Å². The fourth-order valence-corrected chi connectivity index (χ4v) is 2.35. The molecule has 1 aromatic carbocycles. The van der Waals surface area contributed by atoms with Gasteiger partial charge in [-0.1, -0.05) is 12.1 Å². The van der Waals surface area contributed by atoms with Crippen LogP contribution in [0.1, 0.15) is 36.0 Å². The van der Waals surface area contributed by atoms with E-state index in [4.69, 9.17) is 4.74 Å². The third kappa shape index (κ3) is 4.23. The zero-order valence-electron chi connectivity index (χ0n) is 12.6. The lowest BCUT2D eigenvalue weighted by Crippen LogP contribution is -2.26. The van der Waals surface area contributed by atoms with Crippen molar-refractivity contribution in [1.82, 2.24) is 10.6 Å². The van der Waals surface area contributed by atoms with Gasteiger partial charge in [0.1, 0.15) is 5.75 Å². The number of hydrogen-bond donors (Lipinski definition) is 2. The van der Waals surface area contributed by atoms with Crippen molar-refractivity contribution in [3.8, 4) is 5.75 Å². The van der Waals surface area contributed by atoms with Gasteiger partial charge in [-0.25, -0.2) is 0 Å². The minimum atomic E-state index is 0.0922. The largest absolute Gasteiger partial charge is 0.493 e. The van der Waals surface area contributed by atoms with Gasteiger partial charge in [-0.05, 0) is 50.4 Å². The lowest BCUT2D eigenvalue weighted by molar-refractivity contribution is -0.121. The molecule has 1 aliphatic rings. The summed E-state index contributed by atoms with van der Waals surface area (Å²) >= 11 is 0. The second-order valence-corrected chi connectivity index (χ2v) is 5.53. The maximum Gasteiger partial charge on any atom is 0.223 e. The Balaban J connectivity index is 1.86. The molecule has 1 saturated carbocycles. The van der Waals surface area contributed by atoms with Crippen LogP contribution in [0.15, 0.2) is 12.1 Å². The van der Waals surface area contributed by atoms with Gasteiger partial charge >= 0.3 is 0 Å². The average molecular weight is 276 g/mol. The molecule has 110 valence electrons. The Morgan fingerprint density at radius 2 is 1.95 bits per heavy atom. The summed E-state index contributed by atoms with van der Waals surface area (Å²) in [5, 5.41) is 6.11. The van der Waals surface area contributed by atoms with Crippen LogP contribution < -0.4 is 15.4 Å². The Labute approximate surface area is 120 Å². The molecule has 0 radical (unpaired) electrons. The fraction of sp³-hybridized carbons (Fsp3) is 0.562. The molecule has 1 aromatic rings. The SMILES string of the molecule is CNCc1cc(C)c(OCCC(=O)NC2CC2)c(C)c1. The minimum Gasteiger partial charge on any atom is -0.493 e. The van der Waals surface area contributed by atoms with Crippen molar-refractivity contribution in [2.24, 2.45) is 0 Å². The minimum absolute atomic E-state index is 0.0922. The second-order valence-electron chi connectivity index (χ2n) is 5.53. The van der Waals surface area contributed by atoms with E-state index in [1.165, 1.54) is 5.56 Å². The first kappa shape index (κ1) is 14.9. The third-order valence-corrected chi connectivity index (χ3v) is 3.42. The molecular formula is C16H24N2O2. The van der Waals surface area contributed by atoms with Gasteiger partial charge in [0.2, 0.25) is 5.91 Å². The highest BCUT2D eigenvalue weighted by Crippen LogP contribution is 2.25. The average Bonchev–Trinajstić information content (AvgIpc) is 3.17. The zero-order valence-corrected chi connectivity index (χ0v) is 12.6. The van der Waals surface area contributed by atoms with E-state index in [0.29, 0.717) is 19.1 Å². The van der Waals surface area contributed by atoms with Gasteiger partial charge in [-0.15, -0.1) is 0 Å². The van der Waals surface area contributed by atoms with Crippen molar-refractivity contribution < 1.29 is 9.53 Å². The maximum absolute atomic E-state index is 11.6.